The van der Waals surface area contributed by atoms with E-state index in [1.165, 1.54) is 12.0 Å². The molecule has 3 aromatic carbocycles. The predicted molar refractivity (Wildman–Crippen MR) is 114 cm³/mol. The van der Waals surface area contributed by atoms with Crippen molar-refractivity contribution in [3.8, 4) is 17.2 Å². The van der Waals surface area contributed by atoms with Crippen LogP contribution in [0.25, 0.3) is 0 Å². The molecule has 3 aromatic rings. The highest BCUT2D eigenvalue weighted by atomic mass is 16.5. The molecule has 0 atom stereocenters. The second-order valence-electron chi connectivity index (χ2n) is 7.21. The third-order valence-electron chi connectivity index (χ3n) is 5.05. The van der Waals surface area contributed by atoms with E-state index in [1.807, 2.05) is 48.5 Å². The van der Waals surface area contributed by atoms with Crippen molar-refractivity contribution in [3.05, 3.63) is 83.4 Å². The van der Waals surface area contributed by atoms with Gasteiger partial charge in [-0.25, -0.2) is 0 Å². The van der Waals surface area contributed by atoms with Gasteiger partial charge in [-0.2, -0.15) is 0 Å². The van der Waals surface area contributed by atoms with Crippen LogP contribution in [0.2, 0.25) is 0 Å². The lowest BCUT2D eigenvalue weighted by Crippen LogP contribution is -2.26. The van der Waals surface area contributed by atoms with E-state index >= 15 is 0 Å². The third kappa shape index (κ3) is 3.48. The molecular weight excluding hydrogens is 380 g/mol. The monoisotopic (exact) mass is 402 g/mol. The Hall–Kier alpha value is -3.80. The van der Waals surface area contributed by atoms with Crippen LogP contribution < -0.4 is 14.8 Å². The Balaban J connectivity index is 1.73. The Kier molecular flexibility index (Phi) is 5.14. The maximum atomic E-state index is 13.5. The van der Waals surface area contributed by atoms with E-state index < -0.39 is 5.92 Å². The van der Waals surface area contributed by atoms with Crippen LogP contribution in [0.5, 0.6) is 17.2 Å². The summed E-state index contributed by atoms with van der Waals surface area (Å²) < 4.78 is 11.4. The van der Waals surface area contributed by atoms with Gasteiger partial charge in [-0.3, -0.25) is 9.59 Å². The molecule has 30 heavy (non-hydrogen) atoms. The number of hydrogen-bond donors (Lipinski definition) is 1. The van der Waals surface area contributed by atoms with Crippen LogP contribution in [-0.4, -0.2) is 37.9 Å². The van der Waals surface area contributed by atoms with Gasteiger partial charge in [0.25, 0.3) is 5.91 Å². The zero-order chi connectivity index (χ0) is 21.3. The molecule has 1 aliphatic rings. The molecule has 0 aromatic heterocycles. The molecule has 0 spiro atoms. The van der Waals surface area contributed by atoms with Gasteiger partial charge in [0, 0.05) is 30.8 Å². The maximum Gasteiger partial charge on any atom is 0.253 e. The molecule has 0 radical (unpaired) electrons. The van der Waals surface area contributed by atoms with Gasteiger partial charge in [-0.05, 0) is 30.3 Å². The highest BCUT2D eigenvalue weighted by Crippen LogP contribution is 2.44. The average molecular weight is 402 g/mol. The molecule has 0 saturated carbocycles. The average Bonchev–Trinajstić information content (AvgIpc) is 2.76. The predicted octanol–water partition coefficient (Wildman–Crippen LogP) is 4.27. The number of benzene rings is 3. The largest absolute Gasteiger partial charge is 0.495 e. The minimum absolute atomic E-state index is 0.157. The van der Waals surface area contributed by atoms with Crippen molar-refractivity contribution in [1.82, 2.24) is 4.90 Å². The van der Waals surface area contributed by atoms with Crippen LogP contribution in [0.4, 0.5) is 5.69 Å². The van der Waals surface area contributed by atoms with Gasteiger partial charge in [-0.1, -0.05) is 36.4 Å². The smallest absolute Gasteiger partial charge is 0.253 e. The summed E-state index contributed by atoms with van der Waals surface area (Å²) in [6.45, 7) is 0. The lowest BCUT2D eigenvalue weighted by molar-refractivity contribution is -0.116. The van der Waals surface area contributed by atoms with E-state index in [4.69, 9.17) is 9.47 Å². The van der Waals surface area contributed by atoms with Crippen molar-refractivity contribution in [2.45, 2.75) is 5.92 Å². The fraction of sp³-hybridized carbons (Fsp3) is 0.167. The molecule has 0 fully saturated rings. The van der Waals surface area contributed by atoms with E-state index in [-0.39, 0.29) is 11.8 Å². The van der Waals surface area contributed by atoms with Crippen LogP contribution in [0.3, 0.4) is 0 Å². The number of ether oxygens (including phenoxy) is 2. The third-order valence-corrected chi connectivity index (χ3v) is 5.05. The molecule has 0 saturated heterocycles. The Morgan fingerprint density at radius 2 is 1.53 bits per heavy atom. The number of nitrogens with one attached hydrogen (secondary N) is 1. The van der Waals surface area contributed by atoms with Crippen LogP contribution >= 0.6 is 0 Å². The lowest BCUT2D eigenvalue weighted by atomic mass is 9.87. The minimum Gasteiger partial charge on any atom is -0.495 e. The molecule has 6 heteroatoms. The molecule has 6 nitrogen and oxygen atoms in total. The zero-order valence-electron chi connectivity index (χ0n) is 17.0. The molecule has 1 heterocycles. The summed E-state index contributed by atoms with van der Waals surface area (Å²) in [5.41, 5.74) is 2.47. The molecule has 0 aliphatic carbocycles. The number of carbonyl (C=O) groups is 2. The first kappa shape index (κ1) is 19.5. The summed E-state index contributed by atoms with van der Waals surface area (Å²) >= 11 is 0. The summed E-state index contributed by atoms with van der Waals surface area (Å²) in [6, 6.07) is 20.0. The SMILES string of the molecule is COc1ccc(C(=O)N(C)C)cc1NC(=O)C1c2ccccc2Oc2ccccc21. The molecule has 1 aliphatic heterocycles. The number of fused-ring (bicyclic) bond motifs is 2. The lowest BCUT2D eigenvalue weighted by Gasteiger charge is -2.27. The van der Waals surface area contributed by atoms with Gasteiger partial charge in [-0.15, -0.1) is 0 Å². The number of methoxy groups -OCH3 is 1. The normalized spacial score (nSPS) is 12.2. The summed E-state index contributed by atoms with van der Waals surface area (Å²) in [4.78, 5) is 27.3. The van der Waals surface area contributed by atoms with Crippen LogP contribution in [0.15, 0.2) is 66.7 Å². The van der Waals surface area contributed by atoms with E-state index in [2.05, 4.69) is 5.32 Å². The minimum atomic E-state index is -0.552. The van der Waals surface area contributed by atoms with Gasteiger partial charge in [0.05, 0.1) is 18.7 Å². The first-order valence-corrected chi connectivity index (χ1v) is 9.56. The van der Waals surface area contributed by atoms with Crippen molar-refractivity contribution in [2.24, 2.45) is 0 Å². The number of rotatable bonds is 4. The van der Waals surface area contributed by atoms with Crippen molar-refractivity contribution >= 4 is 17.5 Å². The van der Waals surface area contributed by atoms with Crippen LogP contribution in [-0.2, 0) is 4.79 Å². The Labute approximate surface area is 175 Å². The quantitative estimate of drug-likeness (QED) is 0.708. The maximum absolute atomic E-state index is 13.5. The second-order valence-corrected chi connectivity index (χ2v) is 7.21. The van der Waals surface area contributed by atoms with Gasteiger partial charge in [0.15, 0.2) is 0 Å². The Morgan fingerprint density at radius 3 is 2.10 bits per heavy atom. The van der Waals surface area contributed by atoms with E-state index in [0.29, 0.717) is 28.5 Å². The summed E-state index contributed by atoms with van der Waals surface area (Å²) in [5, 5.41) is 2.96. The fourth-order valence-corrected chi connectivity index (χ4v) is 3.59. The van der Waals surface area contributed by atoms with Gasteiger partial charge in [0.2, 0.25) is 5.91 Å². The van der Waals surface area contributed by atoms with E-state index in [9.17, 15) is 9.59 Å². The summed E-state index contributed by atoms with van der Waals surface area (Å²) in [5.74, 6) is 0.844. The van der Waals surface area contributed by atoms with E-state index in [0.717, 1.165) is 11.1 Å². The molecular formula is C24H22N2O4. The number of hydrogen-bond acceptors (Lipinski definition) is 4. The zero-order valence-corrected chi connectivity index (χ0v) is 17.0. The molecule has 1 N–H and O–H groups in total. The molecule has 4 rings (SSSR count). The highest BCUT2D eigenvalue weighted by molar-refractivity contribution is 6.02. The van der Waals surface area contributed by atoms with Crippen LogP contribution in [0, 0.1) is 0 Å². The number of amides is 2. The van der Waals surface area contributed by atoms with Gasteiger partial charge >= 0.3 is 0 Å². The number of carbonyl (C=O) groups excluding carboxylic acids is 2. The summed E-state index contributed by atoms with van der Waals surface area (Å²) in [6.07, 6.45) is 0. The summed E-state index contributed by atoms with van der Waals surface area (Å²) in [7, 11) is 4.89. The van der Waals surface area contributed by atoms with Crippen molar-refractivity contribution in [2.75, 3.05) is 26.5 Å². The first-order chi connectivity index (χ1) is 14.5. The second kappa shape index (κ2) is 7.91. The van der Waals surface area contributed by atoms with E-state index in [1.54, 1.807) is 32.3 Å². The van der Waals surface area contributed by atoms with Crippen LogP contribution in [0.1, 0.15) is 27.4 Å². The molecule has 2 amide bonds. The first-order valence-electron chi connectivity index (χ1n) is 9.56. The number of anilines is 1. The Morgan fingerprint density at radius 1 is 0.933 bits per heavy atom. The molecule has 0 unspecified atom stereocenters. The van der Waals surface area contributed by atoms with Gasteiger partial charge in [0.1, 0.15) is 17.2 Å². The molecule has 0 bridgehead atoms. The van der Waals surface area contributed by atoms with Gasteiger partial charge < -0.3 is 19.7 Å². The topological polar surface area (TPSA) is 67.9 Å². The standard InChI is InChI=1S/C24H22N2O4/c1-26(2)24(28)15-12-13-21(29-3)18(14-15)25-23(27)22-16-8-4-6-10-19(16)30-20-11-7-5-9-17(20)22/h4-14,22H,1-3H3,(H,25,27). The van der Waals surface area contributed by atoms with Crippen molar-refractivity contribution < 1.29 is 19.1 Å². The van der Waals surface area contributed by atoms with Crippen molar-refractivity contribution in [1.29, 1.82) is 0 Å². The highest BCUT2D eigenvalue weighted by Gasteiger charge is 2.32. The fourth-order valence-electron chi connectivity index (χ4n) is 3.59. The Bertz CT molecular complexity index is 1080. The number of nitrogens with zero attached hydrogens (tertiary/aromatic N) is 1. The van der Waals surface area contributed by atoms with Crippen molar-refractivity contribution in [3.63, 3.8) is 0 Å². The number of para-hydroxylation sites is 2. The molecule has 152 valence electrons.